The number of nitrogens with zero attached hydrogens (tertiary/aromatic N) is 1. The maximum Gasteiger partial charge on any atom is 0.341 e. The van der Waals surface area contributed by atoms with Gasteiger partial charge in [0.25, 0.3) is 11.6 Å². The number of carbonyl (C=O) groups is 3. The average molecular weight is 568 g/mol. The Labute approximate surface area is 234 Å². The van der Waals surface area contributed by atoms with E-state index < -0.39 is 22.0 Å². The van der Waals surface area contributed by atoms with Crippen LogP contribution in [-0.2, 0) is 22.4 Å². The number of rotatable bonds is 9. The molecule has 0 aliphatic heterocycles. The predicted molar refractivity (Wildman–Crippen MR) is 153 cm³/mol. The van der Waals surface area contributed by atoms with E-state index in [1.165, 1.54) is 54.5 Å². The van der Waals surface area contributed by atoms with E-state index in [1.807, 2.05) is 13.0 Å². The van der Waals surface area contributed by atoms with Crippen molar-refractivity contribution in [3.63, 3.8) is 0 Å². The minimum absolute atomic E-state index is 0.165. The first-order chi connectivity index (χ1) is 18.8. The number of amides is 2. The number of hydrogen-bond acceptors (Lipinski definition) is 8. The number of methoxy groups -OCH3 is 1. The fourth-order valence-electron chi connectivity index (χ4n) is 4.44. The summed E-state index contributed by atoms with van der Waals surface area (Å²) in [5, 5.41) is 16.9. The van der Waals surface area contributed by atoms with E-state index in [4.69, 9.17) is 4.74 Å². The molecular weight excluding hydrogens is 538 g/mol. The predicted octanol–water partition coefficient (Wildman–Crippen LogP) is 6.47. The van der Waals surface area contributed by atoms with Crippen LogP contribution in [0.3, 0.4) is 0 Å². The number of anilines is 2. The van der Waals surface area contributed by atoms with Gasteiger partial charge in [0, 0.05) is 33.2 Å². The zero-order chi connectivity index (χ0) is 27.9. The highest BCUT2D eigenvalue weighted by molar-refractivity contribution is 8.00. The molecule has 1 unspecified atom stereocenters. The molecule has 1 heterocycles. The lowest BCUT2D eigenvalue weighted by molar-refractivity contribution is -0.384. The molecule has 2 amide bonds. The highest BCUT2D eigenvalue weighted by atomic mass is 32.2. The zero-order valence-corrected chi connectivity index (χ0v) is 23.3. The van der Waals surface area contributed by atoms with Crippen molar-refractivity contribution >= 4 is 57.3 Å². The van der Waals surface area contributed by atoms with Crippen LogP contribution >= 0.6 is 23.1 Å². The third-order valence-corrected chi connectivity index (χ3v) is 8.97. The van der Waals surface area contributed by atoms with Crippen LogP contribution in [0.25, 0.3) is 0 Å². The van der Waals surface area contributed by atoms with E-state index in [0.717, 1.165) is 47.4 Å². The number of nitro benzene ring substituents is 1. The van der Waals surface area contributed by atoms with Crippen molar-refractivity contribution in [1.29, 1.82) is 0 Å². The first-order valence-electron chi connectivity index (χ1n) is 12.7. The number of carbonyl (C=O) groups excluding carboxylic acids is 3. The van der Waals surface area contributed by atoms with Gasteiger partial charge in [0.15, 0.2) is 0 Å². The maximum absolute atomic E-state index is 13.3. The second kappa shape index (κ2) is 12.9. The van der Waals surface area contributed by atoms with Crippen molar-refractivity contribution in [3.8, 4) is 0 Å². The Bertz CT molecular complexity index is 1400. The summed E-state index contributed by atoms with van der Waals surface area (Å²) in [6.45, 7) is 1.91. The minimum atomic E-state index is -0.551. The largest absolute Gasteiger partial charge is 0.465 e. The smallest absolute Gasteiger partial charge is 0.341 e. The van der Waals surface area contributed by atoms with E-state index >= 15 is 0 Å². The number of nitro groups is 1. The van der Waals surface area contributed by atoms with Crippen molar-refractivity contribution < 1.29 is 24.0 Å². The Morgan fingerprint density at radius 2 is 1.85 bits per heavy atom. The number of esters is 1. The van der Waals surface area contributed by atoms with Crippen LogP contribution in [0.2, 0.25) is 0 Å². The summed E-state index contributed by atoms with van der Waals surface area (Å²) in [5.74, 6) is -1.12. The lowest BCUT2D eigenvalue weighted by atomic mass is 10.1. The first-order valence-corrected chi connectivity index (χ1v) is 14.4. The molecule has 0 saturated carbocycles. The van der Waals surface area contributed by atoms with Gasteiger partial charge < -0.3 is 15.4 Å². The van der Waals surface area contributed by atoms with Crippen LogP contribution in [-0.4, -0.2) is 35.1 Å². The van der Waals surface area contributed by atoms with Gasteiger partial charge >= 0.3 is 5.97 Å². The summed E-state index contributed by atoms with van der Waals surface area (Å²) in [6.07, 6.45) is 5.40. The summed E-state index contributed by atoms with van der Waals surface area (Å²) >= 11 is 2.81. The molecule has 1 atom stereocenters. The summed E-state index contributed by atoms with van der Waals surface area (Å²) in [5.41, 5.74) is 1.97. The number of hydrogen-bond donors (Lipinski definition) is 2. The quantitative estimate of drug-likeness (QED) is 0.0997. The molecule has 2 N–H and O–H groups in total. The van der Waals surface area contributed by atoms with Crippen LogP contribution in [0.15, 0.2) is 53.4 Å². The lowest BCUT2D eigenvalue weighted by Crippen LogP contribution is -2.25. The van der Waals surface area contributed by atoms with Crippen LogP contribution in [0.1, 0.15) is 63.8 Å². The van der Waals surface area contributed by atoms with Gasteiger partial charge in [-0.2, -0.15) is 0 Å². The van der Waals surface area contributed by atoms with Crippen LogP contribution in [0.4, 0.5) is 16.4 Å². The number of non-ortho nitro benzene ring substituents is 1. The number of fused-ring (bicyclic) bond motifs is 1. The molecule has 204 valence electrons. The molecule has 11 heteroatoms. The zero-order valence-electron chi connectivity index (χ0n) is 21.7. The second-order valence-electron chi connectivity index (χ2n) is 9.05. The number of nitrogens with one attached hydrogen (secondary N) is 2. The monoisotopic (exact) mass is 567 g/mol. The summed E-state index contributed by atoms with van der Waals surface area (Å²) in [7, 11) is 1.35. The second-order valence-corrected chi connectivity index (χ2v) is 11.4. The molecule has 4 rings (SSSR count). The molecule has 1 aliphatic rings. The lowest BCUT2D eigenvalue weighted by Gasteiger charge is -2.16. The Hall–Kier alpha value is -3.70. The molecule has 2 aromatic carbocycles. The molecule has 0 fully saturated rings. The maximum atomic E-state index is 13.3. The third-order valence-electron chi connectivity index (χ3n) is 6.40. The molecule has 0 radical (unpaired) electrons. The molecule has 1 aliphatic carbocycles. The van der Waals surface area contributed by atoms with Gasteiger partial charge in [0.2, 0.25) is 5.91 Å². The highest BCUT2D eigenvalue weighted by Gasteiger charge is 2.28. The molecular formula is C28H29N3O6S2. The van der Waals surface area contributed by atoms with E-state index in [-0.39, 0.29) is 17.2 Å². The minimum Gasteiger partial charge on any atom is -0.465 e. The van der Waals surface area contributed by atoms with Crippen molar-refractivity contribution in [2.45, 2.75) is 55.6 Å². The van der Waals surface area contributed by atoms with Gasteiger partial charge in [-0.3, -0.25) is 19.7 Å². The average Bonchev–Trinajstić information content (AvgIpc) is 3.10. The molecule has 0 bridgehead atoms. The van der Waals surface area contributed by atoms with Gasteiger partial charge in [-0.05, 0) is 61.9 Å². The Morgan fingerprint density at radius 3 is 2.59 bits per heavy atom. The van der Waals surface area contributed by atoms with Crippen LogP contribution < -0.4 is 10.6 Å². The number of benzene rings is 2. The van der Waals surface area contributed by atoms with Crippen molar-refractivity contribution in [1.82, 2.24) is 0 Å². The van der Waals surface area contributed by atoms with E-state index in [2.05, 4.69) is 10.6 Å². The molecule has 9 nitrogen and oxygen atoms in total. The Morgan fingerprint density at radius 1 is 1.08 bits per heavy atom. The molecule has 1 aromatic heterocycles. The van der Waals surface area contributed by atoms with Gasteiger partial charge in [-0.25, -0.2) is 4.79 Å². The van der Waals surface area contributed by atoms with Crippen LogP contribution in [0.5, 0.6) is 0 Å². The van der Waals surface area contributed by atoms with E-state index in [0.29, 0.717) is 22.7 Å². The summed E-state index contributed by atoms with van der Waals surface area (Å²) < 4.78 is 5.04. The SMILES string of the molecule is CCC(Sc1cccc(NC(=O)c2cccc([N+](=O)[O-])c2)c1)C(=O)Nc1sc2c(c1C(=O)OC)CCCCC2. The number of thiophene rings is 1. The highest BCUT2D eigenvalue weighted by Crippen LogP contribution is 2.39. The van der Waals surface area contributed by atoms with Crippen LogP contribution in [0, 0.1) is 10.1 Å². The van der Waals surface area contributed by atoms with Crippen molar-refractivity contribution in [2.24, 2.45) is 0 Å². The molecule has 0 spiro atoms. The molecule has 39 heavy (non-hydrogen) atoms. The van der Waals surface area contributed by atoms with Gasteiger partial charge in [0.05, 0.1) is 22.8 Å². The normalized spacial score (nSPS) is 13.5. The topological polar surface area (TPSA) is 128 Å². The molecule has 0 saturated heterocycles. The first kappa shape index (κ1) is 28.3. The molecule has 3 aromatic rings. The Balaban J connectivity index is 1.47. The fourth-order valence-corrected chi connectivity index (χ4v) is 6.73. The number of thioether (sulfide) groups is 1. The number of aryl methyl sites for hydroxylation is 1. The van der Waals surface area contributed by atoms with Gasteiger partial charge in [-0.15, -0.1) is 23.1 Å². The standard InChI is InChI=1S/C28H29N3O6S2/c1-3-22(26(33)30-27-24(28(34)37-2)21-13-5-4-6-14-23(21)39-27)38-20-12-8-10-18(16-20)29-25(32)17-9-7-11-19(15-17)31(35)36/h7-12,15-16,22H,3-6,13-14H2,1-2H3,(H,29,32)(H,30,33). The fraction of sp³-hybridized carbons (Fsp3) is 0.321. The van der Waals surface area contributed by atoms with Gasteiger partial charge in [-0.1, -0.05) is 25.5 Å². The van der Waals surface area contributed by atoms with E-state index in [1.54, 1.807) is 18.2 Å². The summed E-state index contributed by atoms with van der Waals surface area (Å²) in [4.78, 5) is 51.0. The summed E-state index contributed by atoms with van der Waals surface area (Å²) in [6, 6.07) is 12.6. The Kier molecular flexibility index (Phi) is 9.36. The van der Waals surface area contributed by atoms with Crippen molar-refractivity contribution in [3.05, 3.63) is 80.2 Å². The van der Waals surface area contributed by atoms with E-state index in [9.17, 15) is 24.5 Å². The third kappa shape index (κ3) is 6.85. The number of ether oxygens (including phenoxy) is 1. The van der Waals surface area contributed by atoms with Gasteiger partial charge in [0.1, 0.15) is 5.00 Å². The van der Waals surface area contributed by atoms with Crippen molar-refractivity contribution in [2.75, 3.05) is 17.7 Å².